The summed E-state index contributed by atoms with van der Waals surface area (Å²) >= 11 is 0. The highest BCUT2D eigenvalue weighted by molar-refractivity contribution is 5.97. The highest BCUT2D eigenvalue weighted by Crippen LogP contribution is 2.26. The number of ketones is 1. The van der Waals surface area contributed by atoms with Crippen LogP contribution in [-0.2, 0) is 9.53 Å². The molecule has 25 heavy (non-hydrogen) atoms. The van der Waals surface area contributed by atoms with Gasteiger partial charge in [0.25, 0.3) is 0 Å². The van der Waals surface area contributed by atoms with Crippen LogP contribution < -0.4 is 0 Å². The van der Waals surface area contributed by atoms with Crippen LogP contribution in [0.3, 0.4) is 0 Å². The lowest BCUT2D eigenvalue weighted by molar-refractivity contribution is -0.127. The van der Waals surface area contributed by atoms with Crippen molar-refractivity contribution in [3.8, 4) is 5.75 Å². The number of cyclic esters (lactones) is 1. The van der Waals surface area contributed by atoms with E-state index in [1.54, 1.807) is 26.0 Å². The molecule has 6 nitrogen and oxygen atoms in total. The average Bonchev–Trinajstić information content (AvgIpc) is 2.52. The van der Waals surface area contributed by atoms with E-state index in [0.29, 0.717) is 5.56 Å². The SMILES string of the molecule is Cc1cc(O)c2c(c1)/C=C/C[C@@H](O)[C@@H](O)C(=O)/C=C\C[C@@H](C)OC2=O. The highest BCUT2D eigenvalue weighted by Gasteiger charge is 2.23. The van der Waals surface area contributed by atoms with Crippen LogP contribution >= 0.6 is 0 Å². The molecule has 0 spiro atoms. The molecule has 0 fully saturated rings. The Morgan fingerprint density at radius 1 is 1.08 bits per heavy atom. The standard InChI is InChI=1S/C19H22O6/c1-11-9-13-6-4-8-15(21)18(23)14(20)7-3-5-12(2)25-19(24)17(13)16(22)10-11/h3-4,6-7,9-10,12,15,18,21-23H,5,8H2,1-2H3/b6-4+,7-3-/t12-,15-,18+/m1/s1. The van der Waals surface area contributed by atoms with E-state index in [-0.39, 0.29) is 24.2 Å². The van der Waals surface area contributed by atoms with Crippen LogP contribution in [0.5, 0.6) is 5.75 Å². The molecule has 134 valence electrons. The van der Waals surface area contributed by atoms with Crippen molar-refractivity contribution in [2.75, 3.05) is 0 Å². The molecule has 0 amide bonds. The fourth-order valence-electron chi connectivity index (χ4n) is 2.57. The van der Waals surface area contributed by atoms with Gasteiger partial charge >= 0.3 is 5.97 Å². The molecule has 0 saturated heterocycles. The summed E-state index contributed by atoms with van der Waals surface area (Å²) in [4.78, 5) is 24.2. The number of phenolic OH excluding ortho intramolecular Hbond substituents is 1. The van der Waals surface area contributed by atoms with E-state index in [1.165, 1.54) is 24.3 Å². The third-order valence-corrected chi connectivity index (χ3v) is 3.89. The van der Waals surface area contributed by atoms with E-state index < -0.39 is 30.1 Å². The number of carbonyl (C=O) groups excluding carboxylic acids is 2. The van der Waals surface area contributed by atoms with Crippen LogP contribution in [-0.4, -0.2) is 45.4 Å². The predicted octanol–water partition coefficient (Wildman–Crippen LogP) is 1.90. The van der Waals surface area contributed by atoms with Gasteiger partial charge in [-0.05, 0) is 43.5 Å². The first-order valence-corrected chi connectivity index (χ1v) is 8.07. The summed E-state index contributed by atoms with van der Waals surface area (Å²) in [6.07, 6.45) is 2.70. The monoisotopic (exact) mass is 346 g/mol. The van der Waals surface area contributed by atoms with Crippen molar-refractivity contribution in [2.45, 2.75) is 45.0 Å². The molecule has 0 saturated carbocycles. The molecule has 6 heteroatoms. The van der Waals surface area contributed by atoms with E-state index >= 15 is 0 Å². The van der Waals surface area contributed by atoms with Crippen molar-refractivity contribution in [1.29, 1.82) is 0 Å². The van der Waals surface area contributed by atoms with Crippen LogP contribution in [0, 0.1) is 6.92 Å². The first kappa shape index (κ1) is 18.9. The molecule has 0 unspecified atom stereocenters. The Bertz CT molecular complexity index is 719. The number of aromatic hydroxyl groups is 1. The Kier molecular flexibility index (Phi) is 6.12. The van der Waals surface area contributed by atoms with Gasteiger partial charge in [-0.25, -0.2) is 4.79 Å². The Balaban J connectivity index is 2.43. The van der Waals surface area contributed by atoms with Gasteiger partial charge < -0.3 is 20.1 Å². The minimum Gasteiger partial charge on any atom is -0.507 e. The van der Waals surface area contributed by atoms with Gasteiger partial charge in [0.05, 0.1) is 6.10 Å². The Hall–Kier alpha value is -2.44. The molecule has 1 aromatic rings. The molecule has 1 heterocycles. The van der Waals surface area contributed by atoms with Gasteiger partial charge in [0.15, 0.2) is 5.78 Å². The fraction of sp³-hybridized carbons (Fsp3) is 0.368. The summed E-state index contributed by atoms with van der Waals surface area (Å²) in [6, 6.07) is 3.18. The van der Waals surface area contributed by atoms with Crippen LogP contribution in [0.4, 0.5) is 0 Å². The number of carbonyl (C=O) groups is 2. The van der Waals surface area contributed by atoms with Gasteiger partial charge in [-0.15, -0.1) is 0 Å². The molecule has 0 radical (unpaired) electrons. The summed E-state index contributed by atoms with van der Waals surface area (Å²) in [5.41, 5.74) is 1.23. The maximum Gasteiger partial charge on any atom is 0.342 e. The number of aliphatic hydroxyl groups excluding tert-OH is 2. The van der Waals surface area contributed by atoms with Gasteiger partial charge in [-0.2, -0.15) is 0 Å². The zero-order valence-corrected chi connectivity index (χ0v) is 14.2. The van der Waals surface area contributed by atoms with E-state index in [2.05, 4.69) is 0 Å². The number of ether oxygens (including phenoxy) is 1. The summed E-state index contributed by atoms with van der Waals surface area (Å²) in [5, 5.41) is 29.9. The third kappa shape index (κ3) is 4.78. The lowest BCUT2D eigenvalue weighted by atomic mass is 10.0. The minimum absolute atomic E-state index is 0.0142. The van der Waals surface area contributed by atoms with Crippen LogP contribution in [0.2, 0.25) is 0 Å². The average molecular weight is 346 g/mol. The summed E-state index contributed by atoms with van der Waals surface area (Å²) in [5.74, 6) is -1.46. The smallest absolute Gasteiger partial charge is 0.342 e. The number of hydrogen-bond donors (Lipinski definition) is 3. The Labute approximate surface area is 146 Å². The predicted molar refractivity (Wildman–Crippen MR) is 92.1 cm³/mol. The second kappa shape index (κ2) is 8.09. The largest absolute Gasteiger partial charge is 0.507 e. The lowest BCUT2D eigenvalue weighted by Gasteiger charge is -2.16. The summed E-state index contributed by atoms with van der Waals surface area (Å²) in [7, 11) is 0. The lowest BCUT2D eigenvalue weighted by Crippen LogP contribution is -2.32. The van der Waals surface area contributed by atoms with Crippen molar-refractivity contribution in [3.63, 3.8) is 0 Å². The fourth-order valence-corrected chi connectivity index (χ4v) is 2.57. The molecule has 3 atom stereocenters. The van der Waals surface area contributed by atoms with Crippen molar-refractivity contribution in [2.24, 2.45) is 0 Å². The number of aliphatic hydroxyl groups is 2. The van der Waals surface area contributed by atoms with Gasteiger partial charge in [-0.3, -0.25) is 4.79 Å². The molecular weight excluding hydrogens is 324 g/mol. The summed E-state index contributed by atoms with van der Waals surface area (Å²) < 4.78 is 5.32. The van der Waals surface area contributed by atoms with Crippen molar-refractivity contribution in [1.82, 2.24) is 0 Å². The molecule has 2 rings (SSSR count). The first-order valence-electron chi connectivity index (χ1n) is 8.07. The number of aryl methyl sites for hydroxylation is 1. The molecule has 1 aliphatic heterocycles. The maximum absolute atomic E-state index is 12.4. The van der Waals surface area contributed by atoms with E-state index in [1.807, 2.05) is 0 Å². The molecule has 0 aliphatic carbocycles. The first-order chi connectivity index (χ1) is 11.8. The molecule has 0 aromatic heterocycles. The molecular formula is C19H22O6. The van der Waals surface area contributed by atoms with Gasteiger partial charge in [0.2, 0.25) is 0 Å². The topological polar surface area (TPSA) is 104 Å². The zero-order valence-electron chi connectivity index (χ0n) is 14.2. The Morgan fingerprint density at radius 3 is 2.48 bits per heavy atom. The maximum atomic E-state index is 12.4. The zero-order chi connectivity index (χ0) is 18.6. The quantitative estimate of drug-likeness (QED) is 0.620. The normalized spacial score (nSPS) is 27.8. The molecule has 3 N–H and O–H groups in total. The number of benzene rings is 1. The van der Waals surface area contributed by atoms with E-state index in [4.69, 9.17) is 4.74 Å². The van der Waals surface area contributed by atoms with Gasteiger partial charge in [0, 0.05) is 6.42 Å². The van der Waals surface area contributed by atoms with Crippen molar-refractivity contribution < 1.29 is 29.6 Å². The minimum atomic E-state index is -1.52. The second-order valence-corrected chi connectivity index (χ2v) is 6.15. The van der Waals surface area contributed by atoms with Crippen molar-refractivity contribution >= 4 is 17.8 Å². The third-order valence-electron chi connectivity index (χ3n) is 3.89. The van der Waals surface area contributed by atoms with E-state index in [0.717, 1.165) is 5.56 Å². The highest BCUT2D eigenvalue weighted by atomic mass is 16.5. The van der Waals surface area contributed by atoms with Crippen LogP contribution in [0.25, 0.3) is 6.08 Å². The van der Waals surface area contributed by atoms with Gasteiger partial charge in [-0.1, -0.05) is 24.3 Å². The number of hydrogen-bond acceptors (Lipinski definition) is 6. The van der Waals surface area contributed by atoms with Crippen LogP contribution in [0.15, 0.2) is 30.4 Å². The number of phenols is 1. The molecule has 1 aliphatic rings. The van der Waals surface area contributed by atoms with Crippen LogP contribution in [0.1, 0.15) is 41.3 Å². The van der Waals surface area contributed by atoms with Gasteiger partial charge in [0.1, 0.15) is 23.5 Å². The number of fused-ring (bicyclic) bond motifs is 1. The second-order valence-electron chi connectivity index (χ2n) is 6.15. The Morgan fingerprint density at radius 2 is 1.76 bits per heavy atom. The molecule has 1 aromatic carbocycles. The van der Waals surface area contributed by atoms with Crippen molar-refractivity contribution in [3.05, 3.63) is 47.1 Å². The summed E-state index contributed by atoms with van der Waals surface area (Å²) in [6.45, 7) is 3.43. The number of esters is 1. The van der Waals surface area contributed by atoms with E-state index in [9.17, 15) is 24.9 Å². The number of rotatable bonds is 0. The molecule has 0 bridgehead atoms.